The molecule has 0 saturated carbocycles. The maximum absolute atomic E-state index is 12.9. The maximum Gasteiger partial charge on any atom is 0.318 e. The molecular weight excluding hydrogens is 471 g/mol. The molecule has 1 aromatic carbocycles. The number of rotatable bonds is 5. The van der Waals surface area contributed by atoms with E-state index in [-0.39, 0.29) is 17.1 Å². The van der Waals surface area contributed by atoms with Gasteiger partial charge in [0.1, 0.15) is 6.04 Å². The fourth-order valence-corrected chi connectivity index (χ4v) is 4.76. The molecule has 1 fully saturated rings. The summed E-state index contributed by atoms with van der Waals surface area (Å²) in [6.45, 7) is 1.87. The number of benzene rings is 1. The number of nitrogens with zero attached hydrogens (tertiary/aromatic N) is 4. The molecule has 1 atom stereocenters. The van der Waals surface area contributed by atoms with Gasteiger partial charge < -0.3 is 20.1 Å². The lowest BCUT2D eigenvalue weighted by Crippen LogP contribution is -2.48. The van der Waals surface area contributed by atoms with E-state index in [1.54, 1.807) is 36.5 Å². The third-order valence-electron chi connectivity index (χ3n) is 6.33. The van der Waals surface area contributed by atoms with Crippen molar-refractivity contribution in [2.45, 2.75) is 24.9 Å². The second kappa shape index (κ2) is 10.5. The number of piperidine rings is 1. The number of carbonyl (C=O) groups is 1. The predicted octanol–water partition coefficient (Wildman–Crippen LogP) is 5.35. The highest BCUT2D eigenvalue weighted by Crippen LogP contribution is 2.38. The summed E-state index contributed by atoms with van der Waals surface area (Å²) in [6, 6.07) is 10.4. The first-order chi connectivity index (χ1) is 16.4. The summed E-state index contributed by atoms with van der Waals surface area (Å²) in [5.41, 5.74) is 3.80. The lowest BCUT2D eigenvalue weighted by atomic mass is 10.0. The first kappa shape index (κ1) is 24.1. The number of H-pyrrole nitrogens is 1. The van der Waals surface area contributed by atoms with Crippen molar-refractivity contribution in [2.24, 2.45) is 0 Å². The lowest BCUT2D eigenvalue weighted by molar-refractivity contribution is 0.147. The van der Waals surface area contributed by atoms with Crippen molar-refractivity contribution in [2.75, 3.05) is 27.2 Å². The minimum Gasteiger partial charge on any atom is -0.361 e. The number of nitriles is 1. The van der Waals surface area contributed by atoms with E-state index in [1.165, 1.54) is 0 Å². The quantitative estimate of drug-likeness (QED) is 0.498. The minimum atomic E-state index is -0.927. The molecule has 176 valence electrons. The number of urea groups is 1. The molecule has 2 N–H and O–H groups in total. The number of pyridine rings is 1. The van der Waals surface area contributed by atoms with Gasteiger partial charge in [-0.3, -0.25) is 4.98 Å². The van der Waals surface area contributed by atoms with E-state index in [4.69, 9.17) is 23.2 Å². The Labute approximate surface area is 209 Å². The van der Waals surface area contributed by atoms with Crippen LogP contribution in [0.25, 0.3) is 22.4 Å². The van der Waals surface area contributed by atoms with Crippen LogP contribution < -0.4 is 5.32 Å². The topological polar surface area (TPSA) is 88.0 Å². The Balaban J connectivity index is 1.54. The van der Waals surface area contributed by atoms with Gasteiger partial charge in [0.15, 0.2) is 0 Å². The molecule has 0 aliphatic carbocycles. The number of aromatic nitrogens is 2. The predicted molar refractivity (Wildman–Crippen MR) is 135 cm³/mol. The fourth-order valence-electron chi connectivity index (χ4n) is 4.21. The average molecular weight is 497 g/mol. The Hall–Kier alpha value is -3.05. The van der Waals surface area contributed by atoms with Crippen LogP contribution in [-0.2, 0) is 0 Å². The van der Waals surface area contributed by atoms with Gasteiger partial charge in [-0.15, -0.1) is 0 Å². The molecule has 1 saturated heterocycles. The summed E-state index contributed by atoms with van der Waals surface area (Å²) in [5, 5.41) is 13.1. The van der Waals surface area contributed by atoms with Crippen LogP contribution in [0.3, 0.4) is 0 Å². The van der Waals surface area contributed by atoms with Crippen LogP contribution >= 0.6 is 23.2 Å². The van der Waals surface area contributed by atoms with Gasteiger partial charge in [-0.1, -0.05) is 35.3 Å². The molecule has 0 radical (unpaired) electrons. The first-order valence-corrected chi connectivity index (χ1v) is 11.8. The number of nitrogens with one attached hydrogen (secondary N) is 2. The van der Waals surface area contributed by atoms with E-state index in [2.05, 4.69) is 33.3 Å². The summed E-state index contributed by atoms with van der Waals surface area (Å²) in [6.07, 6.45) is 7.12. The highest BCUT2D eigenvalue weighted by Gasteiger charge is 2.27. The molecule has 3 aromatic rings. The molecule has 9 heteroatoms. The molecule has 34 heavy (non-hydrogen) atoms. The van der Waals surface area contributed by atoms with E-state index in [9.17, 15) is 10.1 Å². The number of likely N-dealkylation sites (tertiary alicyclic amines) is 1. The van der Waals surface area contributed by atoms with Crippen LogP contribution in [0, 0.1) is 11.3 Å². The van der Waals surface area contributed by atoms with Crippen molar-refractivity contribution in [3.63, 3.8) is 0 Å². The van der Waals surface area contributed by atoms with Crippen LogP contribution in [0.15, 0.2) is 48.9 Å². The first-order valence-electron chi connectivity index (χ1n) is 11.1. The molecule has 2 amide bonds. The largest absolute Gasteiger partial charge is 0.361 e. The zero-order valence-corrected chi connectivity index (χ0v) is 20.6. The van der Waals surface area contributed by atoms with Gasteiger partial charge in [-0.05, 0) is 51.2 Å². The lowest BCUT2D eigenvalue weighted by Gasteiger charge is -2.35. The fraction of sp³-hybridized carbons (Fsp3) is 0.320. The van der Waals surface area contributed by atoms with Crippen molar-refractivity contribution in [3.8, 4) is 28.5 Å². The van der Waals surface area contributed by atoms with Crippen LogP contribution in [0.4, 0.5) is 4.79 Å². The summed E-state index contributed by atoms with van der Waals surface area (Å²) >= 11 is 13.2. The minimum absolute atomic E-state index is 0.136. The van der Waals surface area contributed by atoms with Gasteiger partial charge in [0, 0.05) is 59.6 Å². The van der Waals surface area contributed by atoms with E-state index >= 15 is 0 Å². The van der Waals surface area contributed by atoms with Crippen molar-refractivity contribution in [1.82, 2.24) is 25.1 Å². The third-order valence-corrected chi connectivity index (χ3v) is 7.23. The highest BCUT2D eigenvalue weighted by atomic mass is 35.5. The molecule has 1 aliphatic heterocycles. The van der Waals surface area contributed by atoms with Crippen LogP contribution in [0.1, 0.15) is 24.4 Å². The molecule has 1 aliphatic rings. The third kappa shape index (κ3) is 5.05. The summed E-state index contributed by atoms with van der Waals surface area (Å²) in [7, 11) is 3.84. The molecule has 4 rings (SSSR count). The average Bonchev–Trinajstić information content (AvgIpc) is 3.39. The molecule has 3 heterocycles. The van der Waals surface area contributed by atoms with E-state index in [0.717, 1.165) is 42.8 Å². The van der Waals surface area contributed by atoms with Gasteiger partial charge >= 0.3 is 6.03 Å². The Morgan fingerprint density at radius 1 is 1.24 bits per heavy atom. The molecular formula is C25H26Cl2N6O. The number of amides is 2. The number of hydrogen-bond acceptors (Lipinski definition) is 4. The van der Waals surface area contributed by atoms with Gasteiger partial charge in [-0.25, -0.2) is 4.79 Å². The molecule has 1 unspecified atom stereocenters. The summed E-state index contributed by atoms with van der Waals surface area (Å²) < 4.78 is 0. The zero-order valence-electron chi connectivity index (χ0n) is 19.1. The van der Waals surface area contributed by atoms with E-state index in [1.807, 2.05) is 24.4 Å². The number of aromatic amines is 1. The van der Waals surface area contributed by atoms with Crippen LogP contribution in [0.5, 0.6) is 0 Å². The Morgan fingerprint density at radius 3 is 2.65 bits per heavy atom. The second-order valence-corrected chi connectivity index (χ2v) is 9.29. The molecule has 7 nitrogen and oxygen atoms in total. The van der Waals surface area contributed by atoms with Crippen LogP contribution in [-0.4, -0.2) is 59.0 Å². The molecule has 0 spiro atoms. The molecule has 0 bridgehead atoms. The summed E-state index contributed by atoms with van der Waals surface area (Å²) in [5.74, 6) is 0. The number of halogens is 2. The maximum atomic E-state index is 12.9. The van der Waals surface area contributed by atoms with Crippen molar-refractivity contribution in [3.05, 3.63) is 64.5 Å². The van der Waals surface area contributed by atoms with Crippen molar-refractivity contribution >= 4 is 29.2 Å². The van der Waals surface area contributed by atoms with Gasteiger partial charge in [0.2, 0.25) is 0 Å². The monoisotopic (exact) mass is 496 g/mol. The highest BCUT2D eigenvalue weighted by molar-refractivity contribution is 6.44. The van der Waals surface area contributed by atoms with Gasteiger partial charge in [0.25, 0.3) is 0 Å². The Morgan fingerprint density at radius 2 is 1.97 bits per heavy atom. The van der Waals surface area contributed by atoms with Gasteiger partial charge in [-0.2, -0.15) is 5.26 Å². The van der Waals surface area contributed by atoms with Crippen LogP contribution in [0.2, 0.25) is 10.0 Å². The SMILES string of the molecule is CN1CCC(N(C)C(=O)NC(C#N)c2ccc(-c3cncc(-c4ccc[nH]4)c3)c(Cl)c2Cl)CC1. The number of hydrogen-bond donors (Lipinski definition) is 2. The summed E-state index contributed by atoms with van der Waals surface area (Å²) in [4.78, 5) is 24.3. The Kier molecular flexibility index (Phi) is 7.42. The molecule has 2 aromatic heterocycles. The Bertz CT molecular complexity index is 1200. The van der Waals surface area contributed by atoms with Gasteiger partial charge in [0.05, 0.1) is 16.1 Å². The number of carbonyl (C=O) groups excluding carboxylic acids is 1. The standard InChI is InChI=1S/C25H26Cl2N6O/c1-32-10-7-18(8-11-32)33(2)25(34)31-22(13-28)20-6-5-19(23(26)24(20)27)16-12-17(15-29-14-16)21-4-3-9-30-21/h3-6,9,12,14-15,18,22,30H,7-8,10-11H2,1-2H3,(H,31,34). The second-order valence-electron chi connectivity index (χ2n) is 8.53. The normalized spacial score (nSPS) is 15.5. The smallest absolute Gasteiger partial charge is 0.318 e. The van der Waals surface area contributed by atoms with Crippen molar-refractivity contribution < 1.29 is 4.79 Å². The van der Waals surface area contributed by atoms with Crippen molar-refractivity contribution in [1.29, 1.82) is 5.26 Å². The van der Waals surface area contributed by atoms with E-state index < -0.39 is 6.04 Å². The zero-order chi connectivity index (χ0) is 24.2. The van der Waals surface area contributed by atoms with E-state index in [0.29, 0.717) is 16.1 Å².